The first kappa shape index (κ1) is 13.1. The number of rotatable bonds is 2. The highest BCUT2D eigenvalue weighted by Gasteiger charge is 2.07. The van der Waals surface area contributed by atoms with Gasteiger partial charge in [-0.15, -0.1) is 0 Å². The molecule has 2 aromatic rings. The zero-order chi connectivity index (χ0) is 13.1. The Kier molecular flexibility index (Phi) is 3.99. The van der Waals surface area contributed by atoms with Gasteiger partial charge in [0, 0.05) is 6.20 Å². The molecule has 0 atom stereocenters. The number of hydrogen-bond donors (Lipinski definition) is 0. The van der Waals surface area contributed by atoms with Gasteiger partial charge in [0.15, 0.2) is 0 Å². The highest BCUT2D eigenvalue weighted by Crippen LogP contribution is 2.13. The Balaban J connectivity index is 2.44. The second-order valence-electron chi connectivity index (χ2n) is 3.56. The Hall–Kier alpha value is -1.39. The quantitative estimate of drug-likeness (QED) is 0.602. The van der Waals surface area contributed by atoms with Crippen molar-refractivity contribution in [1.29, 1.82) is 5.26 Å². The van der Waals surface area contributed by atoms with Crippen molar-refractivity contribution in [2.75, 3.05) is 0 Å². The molecule has 2 rings (SSSR count). The zero-order valence-corrected chi connectivity index (χ0v) is 12.0. The zero-order valence-electron chi connectivity index (χ0n) is 9.10. The van der Waals surface area contributed by atoms with E-state index in [0.717, 1.165) is 5.56 Å². The van der Waals surface area contributed by atoms with Crippen molar-refractivity contribution in [3.05, 3.63) is 60.8 Å². The molecule has 0 aliphatic carbocycles. The van der Waals surface area contributed by atoms with Crippen molar-refractivity contribution in [2.24, 2.45) is 0 Å². The largest absolute Gasteiger partial charge is 0.318 e. The maximum absolute atomic E-state index is 11.3. The topological polar surface area (TPSA) is 58.7 Å². The van der Waals surface area contributed by atoms with Crippen LogP contribution in [0.5, 0.6) is 0 Å². The molecule has 90 valence electrons. The van der Waals surface area contributed by atoms with E-state index in [1.807, 2.05) is 34.7 Å². The summed E-state index contributed by atoms with van der Waals surface area (Å²) in [6.07, 6.45) is 1.63. The lowest BCUT2D eigenvalue weighted by atomic mass is 10.1. The van der Waals surface area contributed by atoms with Gasteiger partial charge in [0.25, 0.3) is 5.56 Å². The van der Waals surface area contributed by atoms with E-state index in [2.05, 4.69) is 11.1 Å². The molecule has 0 spiro atoms. The van der Waals surface area contributed by atoms with Crippen molar-refractivity contribution in [2.45, 2.75) is 6.54 Å². The fraction of sp³-hybridized carbons (Fsp3) is 0.0833. The van der Waals surface area contributed by atoms with E-state index in [9.17, 15) is 4.79 Å². The Morgan fingerprint density at radius 3 is 2.89 bits per heavy atom. The minimum absolute atomic E-state index is 0.119. The lowest BCUT2D eigenvalue weighted by molar-refractivity contribution is 0.755. The third-order valence-corrected chi connectivity index (χ3v) is 3.42. The molecule has 1 aromatic heterocycles. The Morgan fingerprint density at radius 1 is 1.44 bits per heavy atom. The molecule has 0 amide bonds. The summed E-state index contributed by atoms with van der Waals surface area (Å²) in [6.45, 7) is 0.409. The summed E-state index contributed by atoms with van der Waals surface area (Å²) in [5.41, 5.74) is 1.08. The van der Waals surface area contributed by atoms with E-state index < -0.39 is 0 Å². The number of benzene rings is 1. The smallest absolute Gasteiger partial charge is 0.287 e. The van der Waals surface area contributed by atoms with Gasteiger partial charge in [0.1, 0.15) is 0 Å². The number of aromatic nitrogens is 2. The van der Waals surface area contributed by atoms with Crippen molar-refractivity contribution in [3.63, 3.8) is 0 Å². The summed E-state index contributed by atoms with van der Waals surface area (Å²) in [6, 6.07) is 9.36. The Morgan fingerprint density at radius 2 is 2.17 bits per heavy atom. The van der Waals surface area contributed by atoms with Gasteiger partial charge in [-0.25, -0.2) is 0 Å². The van der Waals surface area contributed by atoms with E-state index in [4.69, 9.17) is 16.9 Å². The van der Waals surface area contributed by atoms with Gasteiger partial charge in [-0.05, 0) is 45.8 Å². The van der Waals surface area contributed by atoms with Crippen LogP contribution in [0, 0.1) is 14.9 Å². The van der Waals surface area contributed by atoms with Crippen LogP contribution in [-0.2, 0) is 6.54 Å². The van der Waals surface area contributed by atoms with E-state index in [-0.39, 0.29) is 10.8 Å². The fourth-order valence-electron chi connectivity index (χ4n) is 1.51. The van der Waals surface area contributed by atoms with E-state index in [1.54, 1.807) is 22.9 Å². The summed E-state index contributed by atoms with van der Waals surface area (Å²) in [4.78, 5) is 15.0. The average molecular weight is 372 g/mol. The predicted molar refractivity (Wildman–Crippen MR) is 76.5 cm³/mol. The molecule has 0 saturated carbocycles. The monoisotopic (exact) mass is 371 g/mol. The molecule has 0 unspecified atom stereocenters. The molecule has 0 fully saturated rings. The van der Waals surface area contributed by atoms with Crippen LogP contribution in [0.25, 0.3) is 0 Å². The normalized spacial score (nSPS) is 10.1. The van der Waals surface area contributed by atoms with Crippen LogP contribution in [0.1, 0.15) is 11.1 Å². The fourth-order valence-corrected chi connectivity index (χ4v) is 2.15. The Labute approximate surface area is 122 Å². The molecule has 1 heterocycles. The van der Waals surface area contributed by atoms with Crippen LogP contribution in [0.2, 0.25) is 5.28 Å². The maximum atomic E-state index is 11.3. The highest BCUT2D eigenvalue weighted by molar-refractivity contribution is 14.1. The molecular weight excluding hydrogens is 365 g/mol. The van der Waals surface area contributed by atoms with Gasteiger partial charge in [-0.2, -0.15) is 10.2 Å². The summed E-state index contributed by atoms with van der Waals surface area (Å²) < 4.78 is 2.13. The van der Waals surface area contributed by atoms with Gasteiger partial charge < -0.3 is 4.57 Å². The van der Waals surface area contributed by atoms with Gasteiger partial charge in [-0.3, -0.25) is 4.79 Å². The molecule has 6 heteroatoms. The van der Waals surface area contributed by atoms with Crippen molar-refractivity contribution in [3.8, 4) is 6.07 Å². The summed E-state index contributed by atoms with van der Waals surface area (Å²) in [7, 11) is 0. The van der Waals surface area contributed by atoms with Crippen LogP contribution >= 0.6 is 34.2 Å². The molecule has 0 saturated heterocycles. The second-order valence-corrected chi connectivity index (χ2v) is 5.06. The Bertz CT molecular complexity index is 690. The third kappa shape index (κ3) is 2.71. The molecule has 0 radical (unpaired) electrons. The minimum atomic E-state index is -0.342. The van der Waals surface area contributed by atoms with Gasteiger partial charge in [0.2, 0.25) is 5.28 Å². The summed E-state index contributed by atoms with van der Waals surface area (Å²) in [5, 5.41) is 9.12. The number of nitriles is 1. The van der Waals surface area contributed by atoms with Crippen LogP contribution in [0.4, 0.5) is 0 Å². The van der Waals surface area contributed by atoms with E-state index in [0.29, 0.717) is 15.7 Å². The van der Waals surface area contributed by atoms with Crippen molar-refractivity contribution < 1.29 is 0 Å². The van der Waals surface area contributed by atoms with Crippen LogP contribution in [0.15, 0.2) is 35.3 Å². The first-order valence-electron chi connectivity index (χ1n) is 5.02. The van der Waals surface area contributed by atoms with E-state index >= 15 is 0 Å². The molecule has 0 N–H and O–H groups in total. The number of hydrogen-bond acceptors (Lipinski definition) is 3. The highest BCUT2D eigenvalue weighted by atomic mass is 127. The molecule has 0 aliphatic rings. The maximum Gasteiger partial charge on any atom is 0.287 e. The van der Waals surface area contributed by atoms with Crippen molar-refractivity contribution in [1.82, 2.24) is 9.55 Å². The second kappa shape index (κ2) is 5.50. The first-order chi connectivity index (χ1) is 8.61. The van der Waals surface area contributed by atoms with Crippen LogP contribution < -0.4 is 5.56 Å². The molecule has 0 aliphatic heterocycles. The molecule has 1 aromatic carbocycles. The van der Waals surface area contributed by atoms with Crippen LogP contribution in [-0.4, -0.2) is 9.55 Å². The lowest BCUT2D eigenvalue weighted by Gasteiger charge is -2.09. The molecule has 0 bridgehead atoms. The third-order valence-electron chi connectivity index (χ3n) is 2.38. The minimum Gasteiger partial charge on any atom is -0.318 e. The molecular formula is C12H7ClIN3O. The van der Waals surface area contributed by atoms with Gasteiger partial charge in [-0.1, -0.05) is 18.2 Å². The van der Waals surface area contributed by atoms with Crippen molar-refractivity contribution >= 4 is 34.2 Å². The first-order valence-corrected chi connectivity index (χ1v) is 6.48. The SMILES string of the molecule is N#Cc1ccccc1Cn1cc(I)c(=O)nc1Cl. The van der Waals surface area contributed by atoms with Gasteiger partial charge in [0.05, 0.1) is 21.7 Å². The molecule has 4 nitrogen and oxygen atoms in total. The van der Waals surface area contributed by atoms with Gasteiger partial charge >= 0.3 is 0 Å². The summed E-state index contributed by atoms with van der Waals surface area (Å²) in [5.74, 6) is 0. The number of halogens is 2. The summed E-state index contributed by atoms with van der Waals surface area (Å²) >= 11 is 7.82. The standard InChI is InChI=1S/C12H7ClIN3O/c13-12-16-11(18)10(14)7-17(12)6-9-4-2-1-3-8(9)5-15/h1-4,7H,6H2. The predicted octanol–water partition coefficient (Wildman–Crippen LogP) is 2.42. The number of nitrogens with zero attached hydrogens (tertiary/aromatic N) is 3. The van der Waals surface area contributed by atoms with Crippen LogP contribution in [0.3, 0.4) is 0 Å². The average Bonchev–Trinajstić information content (AvgIpc) is 2.36. The van der Waals surface area contributed by atoms with E-state index in [1.165, 1.54) is 0 Å². The molecule has 18 heavy (non-hydrogen) atoms. The lowest BCUT2D eigenvalue weighted by Crippen LogP contribution is -2.16.